The Morgan fingerprint density at radius 3 is 2.57 bits per heavy atom. The lowest BCUT2D eigenvalue weighted by Gasteiger charge is -2.34. The van der Waals surface area contributed by atoms with Crippen LogP contribution in [0.3, 0.4) is 0 Å². The summed E-state index contributed by atoms with van der Waals surface area (Å²) in [6, 6.07) is 9.58. The molecule has 1 aliphatic carbocycles. The van der Waals surface area contributed by atoms with Gasteiger partial charge < -0.3 is 5.32 Å². The highest BCUT2D eigenvalue weighted by molar-refractivity contribution is 7.99. The monoisotopic (exact) mass is 305 g/mol. The first kappa shape index (κ1) is 16.9. The number of aryl methyl sites for hydroxylation is 1. The van der Waals surface area contributed by atoms with E-state index < -0.39 is 0 Å². The SMILES string of the molecule is CCNC(CSc1cccc(C)c1)C1CCC(CC)CC1. The number of nitrogens with one attached hydrogen (secondary N) is 1. The maximum Gasteiger partial charge on any atom is 0.0189 e. The predicted molar refractivity (Wildman–Crippen MR) is 95.1 cm³/mol. The van der Waals surface area contributed by atoms with Gasteiger partial charge in [0, 0.05) is 16.7 Å². The van der Waals surface area contributed by atoms with Crippen molar-refractivity contribution in [3.8, 4) is 0 Å². The van der Waals surface area contributed by atoms with Crippen LogP contribution in [0, 0.1) is 18.8 Å². The Hall–Kier alpha value is -0.470. The number of thioether (sulfide) groups is 1. The topological polar surface area (TPSA) is 12.0 Å². The molecule has 118 valence electrons. The van der Waals surface area contributed by atoms with Gasteiger partial charge in [-0.25, -0.2) is 0 Å². The van der Waals surface area contributed by atoms with Crippen LogP contribution in [0.1, 0.15) is 51.5 Å². The van der Waals surface area contributed by atoms with E-state index in [2.05, 4.69) is 50.4 Å². The predicted octanol–water partition coefficient (Wildman–Crippen LogP) is 5.28. The largest absolute Gasteiger partial charge is 0.313 e. The van der Waals surface area contributed by atoms with Crippen LogP contribution >= 0.6 is 11.8 Å². The molecule has 2 rings (SSSR count). The second-order valence-electron chi connectivity index (χ2n) is 6.48. The standard InChI is InChI=1S/C19H31NS/c1-4-16-9-11-17(12-10-16)19(20-5-2)14-21-18-8-6-7-15(3)13-18/h6-8,13,16-17,19-20H,4-5,9-12,14H2,1-3H3. The molecule has 0 spiro atoms. The fourth-order valence-corrected chi connectivity index (χ4v) is 4.72. The maximum absolute atomic E-state index is 3.75. The molecule has 1 nitrogen and oxygen atoms in total. The van der Waals surface area contributed by atoms with Gasteiger partial charge in [0.1, 0.15) is 0 Å². The summed E-state index contributed by atoms with van der Waals surface area (Å²) in [5.74, 6) is 3.08. The van der Waals surface area contributed by atoms with Crippen molar-refractivity contribution in [2.24, 2.45) is 11.8 Å². The van der Waals surface area contributed by atoms with Gasteiger partial charge in [-0.15, -0.1) is 11.8 Å². The van der Waals surface area contributed by atoms with E-state index in [1.807, 2.05) is 11.8 Å². The van der Waals surface area contributed by atoms with Crippen molar-refractivity contribution in [3.63, 3.8) is 0 Å². The summed E-state index contributed by atoms with van der Waals surface area (Å²) in [5.41, 5.74) is 1.36. The van der Waals surface area contributed by atoms with Crippen LogP contribution in [0.5, 0.6) is 0 Å². The van der Waals surface area contributed by atoms with Crippen molar-refractivity contribution in [1.29, 1.82) is 0 Å². The summed E-state index contributed by atoms with van der Waals surface area (Å²) in [7, 11) is 0. The van der Waals surface area contributed by atoms with E-state index >= 15 is 0 Å². The minimum Gasteiger partial charge on any atom is -0.313 e. The zero-order valence-electron chi connectivity index (χ0n) is 13.9. The first-order valence-electron chi connectivity index (χ1n) is 8.65. The van der Waals surface area contributed by atoms with Crippen molar-refractivity contribution in [2.75, 3.05) is 12.3 Å². The summed E-state index contributed by atoms with van der Waals surface area (Å²) in [6.45, 7) is 7.85. The fraction of sp³-hybridized carbons (Fsp3) is 0.684. The summed E-state index contributed by atoms with van der Waals surface area (Å²) in [4.78, 5) is 1.42. The molecule has 0 amide bonds. The molecule has 1 aromatic carbocycles. The molecule has 0 heterocycles. The van der Waals surface area contributed by atoms with Gasteiger partial charge in [0.15, 0.2) is 0 Å². The van der Waals surface area contributed by atoms with Gasteiger partial charge >= 0.3 is 0 Å². The van der Waals surface area contributed by atoms with Crippen molar-refractivity contribution in [2.45, 2.75) is 63.8 Å². The van der Waals surface area contributed by atoms with Gasteiger partial charge in [-0.2, -0.15) is 0 Å². The van der Waals surface area contributed by atoms with Crippen LogP contribution < -0.4 is 5.32 Å². The first-order chi connectivity index (χ1) is 10.2. The number of hydrogen-bond donors (Lipinski definition) is 1. The molecule has 1 unspecified atom stereocenters. The zero-order valence-corrected chi connectivity index (χ0v) is 14.7. The van der Waals surface area contributed by atoms with Gasteiger partial charge in [-0.1, -0.05) is 50.8 Å². The quantitative estimate of drug-likeness (QED) is 0.688. The first-order valence-corrected chi connectivity index (χ1v) is 9.64. The van der Waals surface area contributed by atoms with Crippen molar-refractivity contribution in [1.82, 2.24) is 5.32 Å². The molecule has 1 N–H and O–H groups in total. The molecule has 0 bridgehead atoms. The Balaban J connectivity index is 1.87. The second kappa shape index (κ2) is 8.85. The fourth-order valence-electron chi connectivity index (χ4n) is 3.51. The molecular weight excluding hydrogens is 274 g/mol. The summed E-state index contributed by atoms with van der Waals surface area (Å²) in [5, 5.41) is 3.75. The van der Waals surface area contributed by atoms with Gasteiger partial charge in [0.2, 0.25) is 0 Å². The normalized spacial score (nSPS) is 24.0. The number of benzene rings is 1. The smallest absolute Gasteiger partial charge is 0.0189 e. The van der Waals surface area contributed by atoms with Gasteiger partial charge in [-0.05, 0) is 50.3 Å². The summed E-state index contributed by atoms with van der Waals surface area (Å²) >= 11 is 2.02. The molecule has 0 aromatic heterocycles. The third-order valence-corrected chi connectivity index (χ3v) is 6.04. The highest BCUT2D eigenvalue weighted by Crippen LogP contribution is 2.34. The molecule has 2 heteroatoms. The van der Waals surface area contributed by atoms with E-state index in [0.29, 0.717) is 6.04 Å². The van der Waals surface area contributed by atoms with E-state index in [1.165, 1.54) is 48.3 Å². The Morgan fingerprint density at radius 1 is 1.19 bits per heavy atom. The highest BCUT2D eigenvalue weighted by Gasteiger charge is 2.26. The minimum atomic E-state index is 0.679. The Morgan fingerprint density at radius 2 is 1.95 bits per heavy atom. The minimum absolute atomic E-state index is 0.679. The molecule has 0 radical (unpaired) electrons. The molecule has 0 aliphatic heterocycles. The second-order valence-corrected chi connectivity index (χ2v) is 7.57. The summed E-state index contributed by atoms with van der Waals surface area (Å²) in [6.07, 6.45) is 7.10. The molecule has 1 fully saturated rings. The van der Waals surface area contributed by atoms with Crippen LogP contribution in [0.25, 0.3) is 0 Å². The molecule has 0 saturated heterocycles. The maximum atomic E-state index is 3.75. The average molecular weight is 306 g/mol. The lowest BCUT2D eigenvalue weighted by Crippen LogP contribution is -2.40. The van der Waals surface area contributed by atoms with E-state index in [9.17, 15) is 0 Å². The highest BCUT2D eigenvalue weighted by atomic mass is 32.2. The van der Waals surface area contributed by atoms with Crippen LogP contribution in [-0.4, -0.2) is 18.3 Å². The van der Waals surface area contributed by atoms with Gasteiger partial charge in [0.05, 0.1) is 0 Å². The molecule has 1 aromatic rings. The lowest BCUT2D eigenvalue weighted by molar-refractivity contribution is 0.229. The van der Waals surface area contributed by atoms with Crippen LogP contribution in [0.4, 0.5) is 0 Å². The van der Waals surface area contributed by atoms with E-state index in [4.69, 9.17) is 0 Å². The Labute approximate surface area is 135 Å². The van der Waals surface area contributed by atoms with Crippen molar-refractivity contribution >= 4 is 11.8 Å². The van der Waals surface area contributed by atoms with Crippen molar-refractivity contribution in [3.05, 3.63) is 29.8 Å². The number of hydrogen-bond acceptors (Lipinski definition) is 2. The molecular formula is C19H31NS. The van der Waals surface area contributed by atoms with E-state index in [1.54, 1.807) is 0 Å². The van der Waals surface area contributed by atoms with Crippen molar-refractivity contribution < 1.29 is 0 Å². The van der Waals surface area contributed by atoms with Crippen LogP contribution in [0.15, 0.2) is 29.2 Å². The Bertz CT molecular complexity index is 410. The average Bonchev–Trinajstić information content (AvgIpc) is 2.52. The molecule has 1 atom stereocenters. The molecule has 1 saturated carbocycles. The van der Waals surface area contributed by atoms with Crippen LogP contribution in [0.2, 0.25) is 0 Å². The van der Waals surface area contributed by atoms with E-state index in [-0.39, 0.29) is 0 Å². The lowest BCUT2D eigenvalue weighted by atomic mass is 9.78. The van der Waals surface area contributed by atoms with Crippen LogP contribution in [-0.2, 0) is 0 Å². The molecule has 1 aliphatic rings. The third kappa shape index (κ3) is 5.34. The number of rotatable bonds is 7. The van der Waals surface area contributed by atoms with Gasteiger partial charge in [-0.3, -0.25) is 0 Å². The van der Waals surface area contributed by atoms with E-state index in [0.717, 1.165) is 18.4 Å². The zero-order chi connectivity index (χ0) is 15.1. The third-order valence-electron chi connectivity index (χ3n) is 4.92. The Kier molecular flexibility index (Phi) is 7.12. The molecule has 21 heavy (non-hydrogen) atoms. The summed E-state index contributed by atoms with van der Waals surface area (Å²) < 4.78 is 0. The van der Waals surface area contributed by atoms with Gasteiger partial charge in [0.25, 0.3) is 0 Å².